The zero-order valence-corrected chi connectivity index (χ0v) is 17.9. The first-order chi connectivity index (χ1) is 15.1. The van der Waals surface area contributed by atoms with E-state index < -0.39 is 0 Å². The van der Waals surface area contributed by atoms with Gasteiger partial charge in [-0.3, -0.25) is 9.78 Å². The third-order valence-corrected chi connectivity index (χ3v) is 8.56. The zero-order valence-electron chi connectivity index (χ0n) is 17.9. The highest BCUT2D eigenvalue weighted by Crippen LogP contribution is 2.65. The predicted molar refractivity (Wildman–Crippen MR) is 120 cm³/mol. The van der Waals surface area contributed by atoms with Gasteiger partial charge in [-0.05, 0) is 91.7 Å². The number of aliphatic hydroxyl groups excluding tert-OH is 1. The first-order valence-electron chi connectivity index (χ1n) is 11.9. The number of anilines is 1. The molecule has 162 valence electrons. The second-order valence-electron chi connectivity index (χ2n) is 10.3. The molecule has 5 aliphatic rings. The Labute approximate surface area is 183 Å². The van der Waals surface area contributed by atoms with E-state index in [2.05, 4.69) is 39.5 Å². The van der Waals surface area contributed by atoms with E-state index >= 15 is 0 Å². The van der Waals surface area contributed by atoms with Crippen molar-refractivity contribution in [2.24, 2.45) is 23.2 Å². The maximum Gasteiger partial charge on any atom is 0.226 e. The molecule has 4 aliphatic carbocycles. The Hall–Kier alpha value is -2.40. The highest BCUT2D eigenvalue weighted by Gasteiger charge is 2.65. The van der Waals surface area contributed by atoms with Crippen molar-refractivity contribution in [3.05, 3.63) is 48.8 Å². The number of nitrogens with one attached hydrogen (secondary N) is 1. The normalized spacial score (nSPS) is 36.0. The van der Waals surface area contributed by atoms with E-state index in [0.717, 1.165) is 51.6 Å². The van der Waals surface area contributed by atoms with Gasteiger partial charge < -0.3 is 15.3 Å². The molecule has 0 radical (unpaired) electrons. The molecule has 6 atom stereocenters. The van der Waals surface area contributed by atoms with Crippen LogP contribution in [-0.2, 0) is 4.79 Å². The zero-order chi connectivity index (χ0) is 21.0. The number of carbonyl (C=O) groups is 1. The molecule has 5 fully saturated rings. The number of hydrogen-bond acceptors (Lipinski definition) is 4. The largest absolute Gasteiger partial charge is 0.393 e. The monoisotopic (exact) mass is 417 g/mol. The van der Waals surface area contributed by atoms with Gasteiger partial charge in [-0.25, -0.2) is 0 Å². The number of carbonyl (C=O) groups excluding carboxylic acids is 1. The number of aromatic nitrogens is 1. The van der Waals surface area contributed by atoms with Crippen LogP contribution in [0.25, 0.3) is 11.1 Å². The van der Waals surface area contributed by atoms with Crippen LogP contribution in [0.2, 0.25) is 0 Å². The minimum Gasteiger partial charge on any atom is -0.393 e. The Morgan fingerprint density at radius 2 is 1.84 bits per heavy atom. The highest BCUT2D eigenvalue weighted by molar-refractivity contribution is 5.84. The van der Waals surface area contributed by atoms with Gasteiger partial charge in [0.2, 0.25) is 5.91 Å². The van der Waals surface area contributed by atoms with Gasteiger partial charge in [0.25, 0.3) is 0 Å². The summed E-state index contributed by atoms with van der Waals surface area (Å²) < 4.78 is 0. The lowest BCUT2D eigenvalue weighted by molar-refractivity contribution is -0.134. The quantitative estimate of drug-likeness (QED) is 0.797. The lowest BCUT2D eigenvalue weighted by atomic mass is 9.74. The Morgan fingerprint density at radius 1 is 1.06 bits per heavy atom. The summed E-state index contributed by atoms with van der Waals surface area (Å²) in [5.74, 6) is 1.42. The molecule has 4 bridgehead atoms. The lowest BCUT2D eigenvalue weighted by Gasteiger charge is -2.38. The maximum atomic E-state index is 13.4. The van der Waals surface area contributed by atoms with E-state index in [1.165, 1.54) is 16.8 Å². The molecule has 1 saturated heterocycles. The fourth-order valence-electron chi connectivity index (χ4n) is 7.20. The minimum atomic E-state index is -0.290. The van der Waals surface area contributed by atoms with Gasteiger partial charge >= 0.3 is 0 Å². The standard InChI is InChI=1S/C26H31N3O2/c30-24-20-12-17-13-23(24)26(14-17,15-20)25(31)28-21-2-1-11-29(16-21)22-5-3-18(4-6-22)19-7-9-27-10-8-19/h3-10,17,20-21,23-24,30H,1-2,11-16H2,(H,28,31)/t17?,20?,21-,23?,24?,26?/m0/s1. The topological polar surface area (TPSA) is 65.5 Å². The number of aliphatic hydroxyl groups is 1. The molecular weight excluding hydrogens is 386 g/mol. The maximum absolute atomic E-state index is 13.4. The minimum absolute atomic E-state index is 0.186. The average Bonchev–Trinajstić information content (AvgIpc) is 3.19. The van der Waals surface area contributed by atoms with Crippen LogP contribution >= 0.6 is 0 Å². The van der Waals surface area contributed by atoms with Gasteiger partial charge in [-0.2, -0.15) is 0 Å². The van der Waals surface area contributed by atoms with Crippen molar-refractivity contribution in [3.63, 3.8) is 0 Å². The number of piperidine rings is 1. The fraction of sp³-hybridized carbons (Fsp3) is 0.538. The van der Waals surface area contributed by atoms with E-state index in [1.54, 1.807) is 0 Å². The second-order valence-corrected chi connectivity index (χ2v) is 10.3. The highest BCUT2D eigenvalue weighted by atomic mass is 16.3. The van der Waals surface area contributed by atoms with Crippen molar-refractivity contribution >= 4 is 11.6 Å². The molecule has 5 unspecified atom stereocenters. The number of hydrogen-bond donors (Lipinski definition) is 2. The van der Waals surface area contributed by atoms with E-state index in [1.807, 2.05) is 24.5 Å². The summed E-state index contributed by atoms with van der Waals surface area (Å²) in [6.45, 7) is 1.88. The number of nitrogens with zero attached hydrogens (tertiary/aromatic N) is 2. The van der Waals surface area contributed by atoms with Crippen molar-refractivity contribution in [1.82, 2.24) is 10.3 Å². The predicted octanol–water partition coefficient (Wildman–Crippen LogP) is 3.63. The molecule has 2 N–H and O–H groups in total. The van der Waals surface area contributed by atoms with Gasteiger partial charge in [0.1, 0.15) is 0 Å². The summed E-state index contributed by atoms with van der Waals surface area (Å²) in [5.41, 5.74) is 3.29. The van der Waals surface area contributed by atoms with Crippen molar-refractivity contribution in [3.8, 4) is 11.1 Å². The van der Waals surface area contributed by atoms with Gasteiger partial charge in [0.15, 0.2) is 0 Å². The molecule has 5 heteroatoms. The van der Waals surface area contributed by atoms with E-state index in [-0.39, 0.29) is 29.4 Å². The molecule has 2 aromatic rings. The molecule has 1 amide bonds. The van der Waals surface area contributed by atoms with E-state index in [4.69, 9.17) is 0 Å². The van der Waals surface area contributed by atoms with Crippen LogP contribution in [0.1, 0.15) is 38.5 Å². The Kier molecular flexibility index (Phi) is 4.57. The number of amides is 1. The third-order valence-electron chi connectivity index (χ3n) is 8.56. The van der Waals surface area contributed by atoms with Crippen LogP contribution in [-0.4, -0.2) is 41.2 Å². The number of rotatable bonds is 4. The molecule has 31 heavy (non-hydrogen) atoms. The molecule has 1 aromatic heterocycles. The summed E-state index contributed by atoms with van der Waals surface area (Å²) in [6, 6.07) is 13.0. The van der Waals surface area contributed by atoms with E-state index in [9.17, 15) is 9.90 Å². The molecule has 7 rings (SSSR count). The molecule has 5 nitrogen and oxygen atoms in total. The lowest BCUT2D eigenvalue weighted by Crippen LogP contribution is -2.52. The van der Waals surface area contributed by atoms with Gasteiger partial charge in [0.05, 0.1) is 11.5 Å². The van der Waals surface area contributed by atoms with E-state index in [0.29, 0.717) is 11.8 Å². The van der Waals surface area contributed by atoms with Crippen LogP contribution in [0.15, 0.2) is 48.8 Å². The second kappa shape index (κ2) is 7.33. The molecule has 1 aliphatic heterocycles. The number of pyridine rings is 1. The Bertz CT molecular complexity index is 962. The Balaban J connectivity index is 1.13. The van der Waals surface area contributed by atoms with Crippen molar-refractivity contribution < 1.29 is 9.90 Å². The molecular formula is C26H31N3O2. The smallest absolute Gasteiger partial charge is 0.226 e. The van der Waals surface area contributed by atoms with Gasteiger partial charge in [-0.1, -0.05) is 12.1 Å². The Morgan fingerprint density at radius 3 is 2.65 bits per heavy atom. The summed E-state index contributed by atoms with van der Waals surface area (Å²) in [6.07, 6.45) is 9.56. The van der Waals surface area contributed by atoms with Gasteiger partial charge in [0, 0.05) is 37.2 Å². The first kappa shape index (κ1) is 19.3. The molecule has 1 aromatic carbocycles. The summed E-state index contributed by atoms with van der Waals surface area (Å²) in [5, 5.41) is 14.1. The SMILES string of the molecule is O=C(N[C@H]1CCCN(c2ccc(-c3ccncc3)cc2)C1)C12CC3CC(C1)C(O)C2C3. The van der Waals surface area contributed by atoms with Crippen LogP contribution in [0.4, 0.5) is 5.69 Å². The number of benzene rings is 1. The van der Waals surface area contributed by atoms with Crippen molar-refractivity contribution in [2.75, 3.05) is 18.0 Å². The van der Waals surface area contributed by atoms with Crippen LogP contribution < -0.4 is 10.2 Å². The van der Waals surface area contributed by atoms with Crippen molar-refractivity contribution in [1.29, 1.82) is 0 Å². The molecule has 2 heterocycles. The van der Waals surface area contributed by atoms with Crippen molar-refractivity contribution in [2.45, 2.75) is 50.7 Å². The third kappa shape index (κ3) is 3.16. The van der Waals surface area contributed by atoms with Gasteiger partial charge in [-0.15, -0.1) is 0 Å². The first-order valence-corrected chi connectivity index (χ1v) is 11.9. The summed E-state index contributed by atoms with van der Waals surface area (Å²) in [4.78, 5) is 19.9. The van der Waals surface area contributed by atoms with Crippen LogP contribution in [0.5, 0.6) is 0 Å². The van der Waals surface area contributed by atoms with Crippen LogP contribution in [0, 0.1) is 23.2 Å². The summed E-state index contributed by atoms with van der Waals surface area (Å²) in [7, 11) is 0. The van der Waals surface area contributed by atoms with Crippen LogP contribution in [0.3, 0.4) is 0 Å². The fourth-order valence-corrected chi connectivity index (χ4v) is 7.20. The molecule has 0 spiro atoms. The summed E-state index contributed by atoms with van der Waals surface area (Å²) >= 11 is 0. The average molecular weight is 418 g/mol. The molecule has 4 saturated carbocycles.